The van der Waals surface area contributed by atoms with Crippen LogP contribution in [0.2, 0.25) is 0 Å². The molecule has 0 bridgehead atoms. The van der Waals surface area contributed by atoms with Gasteiger partial charge in [-0.1, -0.05) is 54.2 Å². The van der Waals surface area contributed by atoms with E-state index in [2.05, 4.69) is 17.6 Å². The molecule has 4 rings (SSSR count). The predicted octanol–water partition coefficient (Wildman–Crippen LogP) is 4.11. The fourth-order valence-corrected chi connectivity index (χ4v) is 4.29. The Kier molecular flexibility index (Phi) is 4.04. The van der Waals surface area contributed by atoms with Crippen molar-refractivity contribution in [1.29, 1.82) is 0 Å². The van der Waals surface area contributed by atoms with Crippen molar-refractivity contribution in [1.82, 2.24) is 5.01 Å². The molecule has 0 radical (unpaired) electrons. The van der Waals surface area contributed by atoms with E-state index in [1.807, 2.05) is 49.6 Å². The van der Waals surface area contributed by atoms with E-state index in [4.69, 9.17) is 4.99 Å². The Bertz CT molecular complexity index is 864. The molecule has 0 fully saturated rings. The van der Waals surface area contributed by atoms with E-state index < -0.39 is 5.54 Å². The first-order chi connectivity index (χ1) is 12.2. The van der Waals surface area contributed by atoms with Gasteiger partial charge in [0.25, 0.3) is 5.91 Å². The number of carbonyl (C=O) groups is 1. The van der Waals surface area contributed by atoms with Crippen LogP contribution in [-0.4, -0.2) is 22.3 Å². The smallest absolute Gasteiger partial charge is 0.280 e. The summed E-state index contributed by atoms with van der Waals surface area (Å²) < 4.78 is 0. The zero-order valence-corrected chi connectivity index (χ0v) is 15.3. The van der Waals surface area contributed by atoms with Crippen molar-refractivity contribution >= 4 is 28.5 Å². The Balaban J connectivity index is 1.75. The van der Waals surface area contributed by atoms with Crippen LogP contribution in [0.3, 0.4) is 0 Å². The second-order valence-electron chi connectivity index (χ2n) is 6.54. The average molecular weight is 351 g/mol. The number of carbonyl (C=O) groups excluding carboxylic acids is 1. The summed E-state index contributed by atoms with van der Waals surface area (Å²) in [5, 5.41) is 2.36. The number of benzene rings is 2. The van der Waals surface area contributed by atoms with Crippen LogP contribution in [0, 0.1) is 6.92 Å². The van der Waals surface area contributed by atoms with Gasteiger partial charge in [-0.25, -0.2) is 4.99 Å². The van der Waals surface area contributed by atoms with Gasteiger partial charge in [0.05, 0.1) is 5.69 Å². The number of amides is 1. The SMILES string of the molecule is CSC1=NC2(CCCc3ccccc32)C(=O)N1Nc1ccccc1C. The van der Waals surface area contributed by atoms with Crippen molar-refractivity contribution in [2.75, 3.05) is 11.7 Å². The molecule has 1 atom stereocenters. The van der Waals surface area contributed by atoms with Crippen LogP contribution in [-0.2, 0) is 16.8 Å². The van der Waals surface area contributed by atoms with Gasteiger partial charge in [0.2, 0.25) is 0 Å². The Morgan fingerprint density at radius 2 is 1.92 bits per heavy atom. The molecule has 128 valence electrons. The highest BCUT2D eigenvalue weighted by Gasteiger charge is 2.51. The molecule has 4 nitrogen and oxygen atoms in total. The standard InChI is InChI=1S/C20H21N3OS/c1-14-8-3-6-12-17(14)22-23-18(24)20(21-19(23)25-2)13-7-10-15-9-4-5-11-16(15)20/h3-6,8-9,11-12,22H,7,10,13H2,1-2H3. The topological polar surface area (TPSA) is 44.7 Å². The van der Waals surface area contributed by atoms with Crippen LogP contribution in [0.1, 0.15) is 29.5 Å². The quantitative estimate of drug-likeness (QED) is 0.885. The molecule has 1 spiro atoms. The maximum Gasteiger partial charge on any atom is 0.280 e. The van der Waals surface area contributed by atoms with Gasteiger partial charge in [0.15, 0.2) is 10.7 Å². The van der Waals surface area contributed by atoms with Crippen molar-refractivity contribution in [2.24, 2.45) is 4.99 Å². The fraction of sp³-hybridized carbons (Fsp3) is 0.300. The van der Waals surface area contributed by atoms with Gasteiger partial charge in [0, 0.05) is 0 Å². The highest BCUT2D eigenvalue weighted by Crippen LogP contribution is 2.44. The summed E-state index contributed by atoms with van der Waals surface area (Å²) >= 11 is 1.50. The number of hydrogen-bond donors (Lipinski definition) is 1. The monoisotopic (exact) mass is 351 g/mol. The summed E-state index contributed by atoms with van der Waals surface area (Å²) in [5.41, 5.74) is 6.85. The van der Waals surface area contributed by atoms with Gasteiger partial charge < -0.3 is 0 Å². The zero-order valence-electron chi connectivity index (χ0n) is 14.5. The Morgan fingerprint density at radius 3 is 2.72 bits per heavy atom. The first-order valence-electron chi connectivity index (χ1n) is 8.55. The second-order valence-corrected chi connectivity index (χ2v) is 7.31. The van der Waals surface area contributed by atoms with Crippen molar-refractivity contribution in [3.8, 4) is 0 Å². The van der Waals surface area contributed by atoms with E-state index in [0.717, 1.165) is 41.2 Å². The molecule has 2 aromatic rings. The molecule has 1 aliphatic carbocycles. The number of para-hydroxylation sites is 1. The van der Waals surface area contributed by atoms with Crippen LogP contribution in [0.25, 0.3) is 0 Å². The number of hydrogen-bond acceptors (Lipinski definition) is 4. The lowest BCUT2D eigenvalue weighted by Gasteiger charge is -2.32. The predicted molar refractivity (Wildman–Crippen MR) is 104 cm³/mol. The molecule has 1 aliphatic heterocycles. The van der Waals surface area contributed by atoms with Gasteiger partial charge in [-0.15, -0.1) is 0 Å². The summed E-state index contributed by atoms with van der Waals surface area (Å²) in [7, 11) is 0. The number of aliphatic imine (C=N–C) groups is 1. The van der Waals surface area contributed by atoms with E-state index in [1.54, 1.807) is 5.01 Å². The molecule has 0 saturated heterocycles. The third kappa shape index (κ3) is 2.54. The number of anilines is 1. The Hall–Kier alpha value is -2.27. The summed E-state index contributed by atoms with van der Waals surface area (Å²) in [5.74, 6) is 0.0206. The molecule has 1 amide bonds. The molecule has 2 aliphatic rings. The molecule has 2 aromatic carbocycles. The molecule has 0 saturated carbocycles. The third-order valence-electron chi connectivity index (χ3n) is 5.04. The molecule has 5 heteroatoms. The number of nitrogens with zero attached hydrogens (tertiary/aromatic N) is 2. The number of fused-ring (bicyclic) bond motifs is 2. The van der Waals surface area contributed by atoms with Crippen LogP contribution >= 0.6 is 11.8 Å². The number of amidine groups is 1. The largest absolute Gasteiger partial charge is 0.289 e. The lowest BCUT2D eigenvalue weighted by atomic mass is 9.76. The number of thioether (sulfide) groups is 1. The van der Waals surface area contributed by atoms with Crippen LogP contribution in [0.5, 0.6) is 0 Å². The zero-order chi connectivity index (χ0) is 17.4. The normalized spacial score (nSPS) is 22.1. The molecule has 0 aromatic heterocycles. The van der Waals surface area contributed by atoms with E-state index >= 15 is 0 Å². The van der Waals surface area contributed by atoms with Crippen LogP contribution in [0.15, 0.2) is 53.5 Å². The summed E-state index contributed by atoms with van der Waals surface area (Å²) in [6.07, 6.45) is 4.72. The maximum atomic E-state index is 13.5. The Morgan fingerprint density at radius 1 is 1.16 bits per heavy atom. The van der Waals surface area contributed by atoms with Crippen molar-refractivity contribution in [3.05, 3.63) is 65.2 Å². The van der Waals surface area contributed by atoms with E-state index in [0.29, 0.717) is 0 Å². The van der Waals surface area contributed by atoms with Crippen molar-refractivity contribution in [3.63, 3.8) is 0 Å². The molecular weight excluding hydrogens is 330 g/mol. The van der Waals surface area contributed by atoms with E-state index in [1.165, 1.54) is 17.3 Å². The Labute approximate surface area is 152 Å². The summed E-state index contributed by atoms with van der Waals surface area (Å²) in [6, 6.07) is 16.2. The number of aryl methyl sites for hydroxylation is 2. The minimum atomic E-state index is -0.775. The van der Waals surface area contributed by atoms with Gasteiger partial charge in [-0.3, -0.25) is 10.2 Å². The number of nitrogens with one attached hydrogen (secondary N) is 1. The van der Waals surface area contributed by atoms with Crippen LogP contribution in [0.4, 0.5) is 5.69 Å². The molecule has 1 N–H and O–H groups in total. The van der Waals surface area contributed by atoms with Gasteiger partial charge in [-0.2, -0.15) is 5.01 Å². The average Bonchev–Trinajstić information content (AvgIpc) is 2.90. The third-order valence-corrected chi connectivity index (χ3v) is 5.68. The highest BCUT2D eigenvalue weighted by atomic mass is 32.2. The first kappa shape index (κ1) is 16.2. The lowest BCUT2D eigenvalue weighted by Crippen LogP contribution is -2.45. The molecule has 1 unspecified atom stereocenters. The fourth-order valence-electron chi connectivity index (χ4n) is 3.74. The minimum absolute atomic E-state index is 0.0206. The summed E-state index contributed by atoms with van der Waals surface area (Å²) in [6.45, 7) is 2.03. The van der Waals surface area contributed by atoms with Crippen LogP contribution < -0.4 is 5.43 Å². The van der Waals surface area contributed by atoms with Gasteiger partial charge in [-0.05, 0) is 55.2 Å². The molecule has 1 heterocycles. The molecule has 25 heavy (non-hydrogen) atoms. The number of hydrazine groups is 1. The van der Waals surface area contributed by atoms with Crippen molar-refractivity contribution < 1.29 is 4.79 Å². The lowest BCUT2D eigenvalue weighted by molar-refractivity contribution is -0.131. The van der Waals surface area contributed by atoms with Gasteiger partial charge in [0.1, 0.15) is 0 Å². The van der Waals surface area contributed by atoms with E-state index in [-0.39, 0.29) is 5.91 Å². The maximum absolute atomic E-state index is 13.5. The summed E-state index contributed by atoms with van der Waals surface area (Å²) in [4.78, 5) is 18.4. The van der Waals surface area contributed by atoms with Gasteiger partial charge >= 0.3 is 0 Å². The molecular formula is C20H21N3OS. The second kappa shape index (κ2) is 6.23. The highest BCUT2D eigenvalue weighted by molar-refractivity contribution is 8.13. The van der Waals surface area contributed by atoms with Crippen molar-refractivity contribution in [2.45, 2.75) is 31.7 Å². The number of rotatable bonds is 2. The minimum Gasteiger partial charge on any atom is -0.289 e. The first-order valence-corrected chi connectivity index (χ1v) is 9.77. The van der Waals surface area contributed by atoms with E-state index in [9.17, 15) is 4.79 Å².